The standard InChI is InChI=1S/C18H27N3O3S/c1-18(2)12-17(22)21(4)16-6-5-14(11-15(16)18)25(23,24)19-13-7-9-20(3)10-8-13/h5-6,11,13,19H,7-10,12H2,1-4H3. The van der Waals surface area contributed by atoms with E-state index in [4.69, 9.17) is 0 Å². The molecule has 0 aromatic heterocycles. The lowest BCUT2D eigenvalue weighted by Gasteiger charge is -2.37. The number of piperidine rings is 1. The van der Waals surface area contributed by atoms with Gasteiger partial charge in [-0.2, -0.15) is 0 Å². The molecular formula is C18H27N3O3S. The Hall–Kier alpha value is -1.44. The number of carbonyl (C=O) groups is 1. The average molecular weight is 365 g/mol. The van der Waals surface area contributed by atoms with Crippen molar-refractivity contribution in [2.75, 3.05) is 32.1 Å². The maximum atomic E-state index is 12.8. The second-order valence-corrected chi connectivity index (χ2v) is 9.61. The summed E-state index contributed by atoms with van der Waals surface area (Å²) in [6.07, 6.45) is 2.02. The largest absolute Gasteiger partial charge is 0.315 e. The van der Waals surface area contributed by atoms with Crippen molar-refractivity contribution in [2.24, 2.45) is 0 Å². The van der Waals surface area contributed by atoms with Crippen LogP contribution in [0.4, 0.5) is 5.69 Å². The predicted octanol–water partition coefficient (Wildman–Crippen LogP) is 1.70. The third kappa shape index (κ3) is 3.59. The number of fused-ring (bicyclic) bond motifs is 1. The number of carbonyl (C=O) groups excluding carboxylic acids is 1. The van der Waals surface area contributed by atoms with Crippen LogP contribution in [-0.2, 0) is 20.2 Å². The van der Waals surface area contributed by atoms with Crippen LogP contribution in [0.5, 0.6) is 0 Å². The second kappa shape index (κ2) is 6.37. The molecule has 0 unspecified atom stereocenters. The maximum absolute atomic E-state index is 12.8. The van der Waals surface area contributed by atoms with Crippen LogP contribution < -0.4 is 9.62 Å². The van der Waals surface area contributed by atoms with Gasteiger partial charge in [-0.05, 0) is 56.7 Å². The number of anilines is 1. The first-order valence-corrected chi connectivity index (χ1v) is 10.2. The van der Waals surface area contributed by atoms with Gasteiger partial charge in [-0.25, -0.2) is 13.1 Å². The second-order valence-electron chi connectivity index (χ2n) is 7.89. The molecule has 2 aliphatic rings. The zero-order valence-corrected chi connectivity index (χ0v) is 16.2. The molecule has 0 bridgehead atoms. The zero-order valence-electron chi connectivity index (χ0n) is 15.4. The molecule has 2 aliphatic heterocycles. The molecule has 1 amide bonds. The number of hydrogen-bond donors (Lipinski definition) is 1. The minimum atomic E-state index is -3.56. The van der Waals surface area contributed by atoms with E-state index >= 15 is 0 Å². The summed E-state index contributed by atoms with van der Waals surface area (Å²) in [5, 5.41) is 0. The molecule has 2 heterocycles. The number of likely N-dealkylation sites (tertiary alicyclic amines) is 1. The minimum absolute atomic E-state index is 0.0190. The molecule has 1 N–H and O–H groups in total. The third-order valence-corrected chi connectivity index (χ3v) is 6.89. The van der Waals surface area contributed by atoms with E-state index in [2.05, 4.69) is 9.62 Å². The summed E-state index contributed by atoms with van der Waals surface area (Å²) in [4.78, 5) is 16.2. The van der Waals surface area contributed by atoms with Crippen molar-refractivity contribution in [2.45, 2.75) is 49.5 Å². The normalized spacial score (nSPS) is 22.1. The Morgan fingerprint density at radius 1 is 1.16 bits per heavy atom. The van der Waals surface area contributed by atoms with E-state index in [1.807, 2.05) is 20.9 Å². The molecule has 138 valence electrons. The lowest BCUT2D eigenvalue weighted by molar-refractivity contribution is -0.119. The van der Waals surface area contributed by atoms with E-state index in [0.29, 0.717) is 6.42 Å². The van der Waals surface area contributed by atoms with Crippen molar-refractivity contribution in [1.82, 2.24) is 9.62 Å². The van der Waals surface area contributed by atoms with E-state index in [1.54, 1.807) is 30.1 Å². The first-order valence-electron chi connectivity index (χ1n) is 8.72. The Kier molecular flexibility index (Phi) is 4.68. The molecule has 6 nitrogen and oxygen atoms in total. The van der Waals surface area contributed by atoms with Crippen molar-refractivity contribution in [3.05, 3.63) is 23.8 Å². The van der Waals surface area contributed by atoms with Gasteiger partial charge in [0.2, 0.25) is 15.9 Å². The van der Waals surface area contributed by atoms with Gasteiger partial charge in [-0.15, -0.1) is 0 Å². The van der Waals surface area contributed by atoms with Crippen LogP contribution in [0.15, 0.2) is 23.1 Å². The summed E-state index contributed by atoms with van der Waals surface area (Å²) >= 11 is 0. The summed E-state index contributed by atoms with van der Waals surface area (Å²) in [5.41, 5.74) is 1.32. The van der Waals surface area contributed by atoms with Crippen LogP contribution >= 0.6 is 0 Å². The Morgan fingerprint density at radius 3 is 2.44 bits per heavy atom. The number of nitrogens with zero attached hydrogens (tertiary/aromatic N) is 2. The number of nitrogens with one attached hydrogen (secondary N) is 1. The summed E-state index contributed by atoms with van der Waals surface area (Å²) in [6.45, 7) is 5.77. The van der Waals surface area contributed by atoms with Gasteiger partial charge in [0.25, 0.3) is 0 Å². The summed E-state index contributed by atoms with van der Waals surface area (Å²) in [6, 6.07) is 5.06. The molecule has 0 radical (unpaired) electrons. The van der Waals surface area contributed by atoms with Gasteiger partial charge in [0.15, 0.2) is 0 Å². The van der Waals surface area contributed by atoms with E-state index < -0.39 is 10.0 Å². The van der Waals surface area contributed by atoms with Gasteiger partial charge in [0, 0.05) is 30.6 Å². The molecule has 1 fully saturated rings. The maximum Gasteiger partial charge on any atom is 0.240 e. The highest BCUT2D eigenvalue weighted by Crippen LogP contribution is 2.40. The third-order valence-electron chi connectivity index (χ3n) is 5.38. The molecule has 25 heavy (non-hydrogen) atoms. The molecule has 1 aromatic rings. The lowest BCUT2D eigenvalue weighted by Crippen LogP contribution is -2.43. The Morgan fingerprint density at radius 2 is 1.80 bits per heavy atom. The SMILES string of the molecule is CN1CCC(NS(=O)(=O)c2ccc3c(c2)C(C)(C)CC(=O)N3C)CC1. The Bertz CT molecular complexity index is 781. The van der Waals surface area contributed by atoms with Gasteiger partial charge in [-0.1, -0.05) is 13.8 Å². The molecule has 0 atom stereocenters. The summed E-state index contributed by atoms with van der Waals surface area (Å²) in [7, 11) is 0.223. The predicted molar refractivity (Wildman–Crippen MR) is 98.3 cm³/mol. The van der Waals surface area contributed by atoms with Gasteiger partial charge in [-0.3, -0.25) is 4.79 Å². The van der Waals surface area contributed by atoms with Crippen molar-refractivity contribution in [1.29, 1.82) is 0 Å². The highest BCUT2D eigenvalue weighted by molar-refractivity contribution is 7.89. The van der Waals surface area contributed by atoms with Crippen LogP contribution in [0.1, 0.15) is 38.7 Å². The molecule has 0 aliphatic carbocycles. The van der Waals surface area contributed by atoms with Gasteiger partial charge in [0.05, 0.1) is 4.90 Å². The molecule has 0 spiro atoms. The zero-order chi connectivity index (χ0) is 18.4. The molecular weight excluding hydrogens is 338 g/mol. The molecule has 3 rings (SSSR count). The number of amides is 1. The molecule has 1 saturated heterocycles. The Balaban J connectivity index is 1.89. The lowest BCUT2D eigenvalue weighted by atomic mass is 9.77. The quantitative estimate of drug-likeness (QED) is 0.885. The topological polar surface area (TPSA) is 69.7 Å². The van der Waals surface area contributed by atoms with Gasteiger partial charge < -0.3 is 9.80 Å². The monoisotopic (exact) mass is 365 g/mol. The first-order chi connectivity index (χ1) is 11.6. The minimum Gasteiger partial charge on any atom is -0.315 e. The Labute approximate surface area is 150 Å². The van der Waals surface area contributed by atoms with Crippen molar-refractivity contribution >= 4 is 21.6 Å². The number of sulfonamides is 1. The molecule has 0 saturated carbocycles. The van der Waals surface area contributed by atoms with Gasteiger partial charge in [0.1, 0.15) is 0 Å². The van der Waals surface area contributed by atoms with Crippen LogP contribution in [-0.4, -0.2) is 52.5 Å². The number of hydrogen-bond acceptors (Lipinski definition) is 4. The molecule has 7 heteroatoms. The number of benzene rings is 1. The fraction of sp³-hybridized carbons (Fsp3) is 0.611. The van der Waals surface area contributed by atoms with Crippen LogP contribution in [0.2, 0.25) is 0 Å². The highest BCUT2D eigenvalue weighted by Gasteiger charge is 2.36. The summed E-state index contributed by atoms with van der Waals surface area (Å²) < 4.78 is 28.5. The fourth-order valence-electron chi connectivity index (χ4n) is 3.66. The average Bonchev–Trinajstić information content (AvgIpc) is 2.54. The number of rotatable bonds is 3. The van der Waals surface area contributed by atoms with Crippen molar-refractivity contribution in [3.63, 3.8) is 0 Å². The van der Waals surface area contributed by atoms with E-state index in [0.717, 1.165) is 37.2 Å². The van der Waals surface area contributed by atoms with E-state index in [-0.39, 0.29) is 22.3 Å². The van der Waals surface area contributed by atoms with Crippen LogP contribution in [0.3, 0.4) is 0 Å². The van der Waals surface area contributed by atoms with Crippen molar-refractivity contribution in [3.8, 4) is 0 Å². The summed E-state index contributed by atoms with van der Waals surface area (Å²) in [5.74, 6) is 0.0533. The van der Waals surface area contributed by atoms with Gasteiger partial charge >= 0.3 is 0 Å². The van der Waals surface area contributed by atoms with E-state index in [1.165, 1.54) is 0 Å². The molecule has 1 aromatic carbocycles. The van der Waals surface area contributed by atoms with E-state index in [9.17, 15) is 13.2 Å². The van der Waals surface area contributed by atoms with Crippen LogP contribution in [0.25, 0.3) is 0 Å². The fourth-order valence-corrected chi connectivity index (χ4v) is 4.99. The van der Waals surface area contributed by atoms with Crippen molar-refractivity contribution < 1.29 is 13.2 Å². The highest BCUT2D eigenvalue weighted by atomic mass is 32.2. The van der Waals surface area contributed by atoms with Crippen LogP contribution in [0, 0.1) is 0 Å². The smallest absolute Gasteiger partial charge is 0.240 e. The first kappa shape index (κ1) is 18.4.